The van der Waals surface area contributed by atoms with Crippen LogP contribution in [0.4, 0.5) is 19.0 Å². The molecule has 32 heavy (non-hydrogen) atoms. The molecule has 4 aromatic rings. The number of anilines is 1. The van der Waals surface area contributed by atoms with E-state index in [0.717, 1.165) is 30.5 Å². The van der Waals surface area contributed by atoms with Gasteiger partial charge in [0.05, 0.1) is 18.2 Å². The molecule has 4 heterocycles. The molecule has 0 spiro atoms. The zero-order chi connectivity index (χ0) is 23.2. The van der Waals surface area contributed by atoms with Crippen molar-refractivity contribution < 1.29 is 17.9 Å². The number of nitrogens with one attached hydrogen (secondary N) is 2. The fraction of sp³-hybridized carbons (Fsp3) is 0.429. The van der Waals surface area contributed by atoms with Crippen molar-refractivity contribution in [3.63, 3.8) is 0 Å². The Bertz CT molecular complexity index is 1280. The van der Waals surface area contributed by atoms with Gasteiger partial charge in [0.2, 0.25) is 0 Å². The summed E-state index contributed by atoms with van der Waals surface area (Å²) in [6, 6.07) is 1.78. The van der Waals surface area contributed by atoms with Crippen molar-refractivity contribution in [2.45, 2.75) is 46.5 Å². The molecule has 0 saturated heterocycles. The molecule has 11 heteroatoms. The number of methoxy groups -OCH3 is 1. The maximum absolute atomic E-state index is 13.2. The molecule has 0 aliphatic rings. The molecule has 0 fully saturated rings. The first kappa shape index (κ1) is 21.8. The van der Waals surface area contributed by atoms with Crippen LogP contribution in [0.2, 0.25) is 0 Å². The summed E-state index contributed by atoms with van der Waals surface area (Å²) in [5.74, 6) is 1.26. The Balaban J connectivity index is 1.88. The van der Waals surface area contributed by atoms with Crippen LogP contribution in [0.5, 0.6) is 6.01 Å². The van der Waals surface area contributed by atoms with Gasteiger partial charge in [-0.1, -0.05) is 13.8 Å². The monoisotopic (exact) mass is 447 g/mol. The molecule has 1 unspecified atom stereocenters. The van der Waals surface area contributed by atoms with E-state index in [1.165, 1.54) is 7.11 Å². The summed E-state index contributed by atoms with van der Waals surface area (Å²) in [7, 11) is 1.36. The van der Waals surface area contributed by atoms with Crippen LogP contribution in [0, 0.1) is 12.8 Å². The van der Waals surface area contributed by atoms with Crippen molar-refractivity contribution >= 4 is 28.0 Å². The number of alkyl halides is 3. The average Bonchev–Trinajstić information content (AvgIpc) is 3.28. The van der Waals surface area contributed by atoms with Gasteiger partial charge in [0.1, 0.15) is 28.8 Å². The van der Waals surface area contributed by atoms with E-state index >= 15 is 0 Å². The average molecular weight is 447 g/mol. The van der Waals surface area contributed by atoms with Gasteiger partial charge in [-0.25, -0.2) is 9.97 Å². The van der Waals surface area contributed by atoms with E-state index in [2.05, 4.69) is 39.1 Å². The number of fused-ring (bicyclic) bond motifs is 2. The molecule has 8 nitrogen and oxygen atoms in total. The van der Waals surface area contributed by atoms with Crippen LogP contribution in [-0.2, 0) is 6.54 Å². The van der Waals surface area contributed by atoms with Crippen LogP contribution in [-0.4, -0.2) is 48.8 Å². The summed E-state index contributed by atoms with van der Waals surface area (Å²) in [4.78, 5) is 20.8. The van der Waals surface area contributed by atoms with Gasteiger partial charge in [0.25, 0.3) is 0 Å². The molecule has 0 aromatic carbocycles. The molecule has 0 radical (unpaired) electrons. The summed E-state index contributed by atoms with van der Waals surface area (Å²) in [6.07, 6.45) is -2.79. The zero-order valence-corrected chi connectivity index (χ0v) is 18.4. The minimum Gasteiger partial charge on any atom is -0.467 e. The highest BCUT2D eigenvalue weighted by Gasteiger charge is 2.37. The first-order chi connectivity index (χ1) is 15.1. The van der Waals surface area contributed by atoms with E-state index in [1.54, 1.807) is 12.3 Å². The van der Waals surface area contributed by atoms with E-state index in [9.17, 15) is 13.2 Å². The zero-order valence-electron chi connectivity index (χ0n) is 18.4. The number of aromatic nitrogens is 6. The predicted octanol–water partition coefficient (Wildman–Crippen LogP) is 4.71. The van der Waals surface area contributed by atoms with Crippen molar-refractivity contribution in [1.82, 2.24) is 29.5 Å². The molecule has 2 N–H and O–H groups in total. The van der Waals surface area contributed by atoms with Crippen molar-refractivity contribution in [2.75, 3.05) is 12.4 Å². The number of imidazole rings is 1. The molecular weight excluding hydrogens is 423 g/mol. The number of aromatic amines is 1. The Kier molecular flexibility index (Phi) is 5.43. The molecule has 0 aliphatic heterocycles. The van der Waals surface area contributed by atoms with Gasteiger partial charge in [-0.15, -0.1) is 0 Å². The fourth-order valence-corrected chi connectivity index (χ4v) is 3.55. The highest BCUT2D eigenvalue weighted by atomic mass is 19.4. The quantitative estimate of drug-likeness (QED) is 0.445. The number of H-pyrrole nitrogens is 1. The summed E-state index contributed by atoms with van der Waals surface area (Å²) < 4.78 is 46.8. The Morgan fingerprint density at radius 3 is 2.53 bits per heavy atom. The lowest BCUT2D eigenvalue weighted by atomic mass is 10.1. The van der Waals surface area contributed by atoms with Gasteiger partial charge in [-0.05, 0) is 31.9 Å². The summed E-state index contributed by atoms with van der Waals surface area (Å²) >= 11 is 0. The van der Waals surface area contributed by atoms with Crippen LogP contribution >= 0.6 is 0 Å². The third-order valence-electron chi connectivity index (χ3n) is 5.14. The lowest BCUT2D eigenvalue weighted by Gasteiger charge is -2.18. The number of hydrogen-bond acceptors (Lipinski definition) is 6. The number of nitrogens with zero attached hydrogens (tertiary/aromatic N) is 5. The summed E-state index contributed by atoms with van der Waals surface area (Å²) in [6.45, 7) is 7.93. The fourth-order valence-electron chi connectivity index (χ4n) is 3.55. The maximum atomic E-state index is 13.2. The highest BCUT2D eigenvalue weighted by molar-refractivity contribution is 6.01. The van der Waals surface area contributed by atoms with Gasteiger partial charge in [-0.2, -0.15) is 23.1 Å². The second kappa shape index (κ2) is 7.95. The number of hydrogen-bond donors (Lipinski definition) is 2. The van der Waals surface area contributed by atoms with E-state index in [0.29, 0.717) is 28.2 Å². The standard InChI is InChI=1S/C21H24F3N7O/c1-10(2)9-31-12(4)27-15-7-6-14(28-19(15)31)13-8-25-17-16(13)18(30-20(29-17)32-5)26-11(3)21(22,23)24/h6-8,10-11H,9H2,1-5H3,(H2,25,26,29,30). The summed E-state index contributed by atoms with van der Waals surface area (Å²) in [5, 5.41) is 2.86. The van der Waals surface area contributed by atoms with Gasteiger partial charge in [0.15, 0.2) is 5.65 Å². The topological polar surface area (TPSA) is 93.5 Å². The van der Waals surface area contributed by atoms with E-state index in [4.69, 9.17) is 9.72 Å². The lowest BCUT2D eigenvalue weighted by molar-refractivity contribution is -0.138. The van der Waals surface area contributed by atoms with Gasteiger partial charge in [0, 0.05) is 18.3 Å². The van der Waals surface area contributed by atoms with Crippen molar-refractivity contribution in [2.24, 2.45) is 5.92 Å². The van der Waals surface area contributed by atoms with Crippen molar-refractivity contribution in [1.29, 1.82) is 0 Å². The molecule has 0 bridgehead atoms. The van der Waals surface area contributed by atoms with E-state index < -0.39 is 12.2 Å². The highest BCUT2D eigenvalue weighted by Crippen LogP contribution is 2.35. The molecule has 4 rings (SSSR count). The second-order valence-corrected chi connectivity index (χ2v) is 8.10. The SMILES string of the molecule is COc1nc(NC(C)C(F)(F)F)c2c(-c3ccc4nc(C)n(CC(C)C)c4n3)c[nH]c2n1. The first-order valence-electron chi connectivity index (χ1n) is 10.2. The third kappa shape index (κ3) is 3.94. The van der Waals surface area contributed by atoms with Gasteiger partial charge < -0.3 is 19.6 Å². The molecule has 1 atom stereocenters. The number of rotatable bonds is 6. The Labute approximate surface area is 182 Å². The molecule has 0 saturated carbocycles. The Morgan fingerprint density at radius 1 is 1.12 bits per heavy atom. The molecule has 0 aliphatic carbocycles. The number of ether oxygens (including phenoxy) is 1. The minimum absolute atomic E-state index is 0.0155. The van der Waals surface area contributed by atoms with Crippen LogP contribution in [0.15, 0.2) is 18.3 Å². The van der Waals surface area contributed by atoms with Crippen LogP contribution in [0.3, 0.4) is 0 Å². The third-order valence-corrected chi connectivity index (χ3v) is 5.14. The second-order valence-electron chi connectivity index (χ2n) is 8.10. The van der Waals surface area contributed by atoms with Crippen LogP contribution < -0.4 is 10.1 Å². The maximum Gasteiger partial charge on any atom is 0.408 e. The minimum atomic E-state index is -4.45. The first-order valence-corrected chi connectivity index (χ1v) is 10.2. The molecule has 0 amide bonds. The number of aryl methyl sites for hydroxylation is 1. The molecule has 170 valence electrons. The van der Waals surface area contributed by atoms with E-state index in [1.807, 2.05) is 17.6 Å². The normalized spacial score (nSPS) is 13.3. The Hall–Kier alpha value is -3.37. The lowest BCUT2D eigenvalue weighted by Crippen LogP contribution is -2.33. The van der Waals surface area contributed by atoms with Crippen molar-refractivity contribution in [3.05, 3.63) is 24.2 Å². The molecular formula is C21H24F3N7O. The number of pyridine rings is 1. The van der Waals surface area contributed by atoms with Crippen LogP contribution in [0.25, 0.3) is 33.5 Å². The summed E-state index contributed by atoms with van der Waals surface area (Å²) in [5.41, 5.74) is 2.98. The van der Waals surface area contributed by atoms with E-state index in [-0.39, 0.29) is 11.8 Å². The Morgan fingerprint density at radius 2 is 1.88 bits per heavy atom. The van der Waals surface area contributed by atoms with Gasteiger partial charge >= 0.3 is 12.2 Å². The molecule has 4 aromatic heterocycles. The predicted molar refractivity (Wildman–Crippen MR) is 116 cm³/mol. The smallest absolute Gasteiger partial charge is 0.408 e. The van der Waals surface area contributed by atoms with Crippen LogP contribution in [0.1, 0.15) is 26.6 Å². The van der Waals surface area contributed by atoms with Gasteiger partial charge in [-0.3, -0.25) is 0 Å². The van der Waals surface area contributed by atoms with Crippen molar-refractivity contribution in [3.8, 4) is 17.3 Å². The number of halogens is 3. The largest absolute Gasteiger partial charge is 0.467 e.